The number of aliphatic imine (C=N–C) groups is 1. The Hall–Kier alpha value is -0.770. The number of rotatable bonds is 4. The summed E-state index contributed by atoms with van der Waals surface area (Å²) in [6, 6.07) is 1.10. The minimum atomic E-state index is 0.514. The van der Waals surface area contributed by atoms with E-state index in [1.807, 2.05) is 0 Å². The maximum atomic E-state index is 5.50. The van der Waals surface area contributed by atoms with Crippen molar-refractivity contribution in [2.75, 3.05) is 0 Å². The van der Waals surface area contributed by atoms with E-state index in [1.165, 1.54) is 44.9 Å². The molecule has 0 aromatic carbocycles. The van der Waals surface area contributed by atoms with Crippen molar-refractivity contribution in [2.24, 2.45) is 16.8 Å². The Kier molecular flexibility index (Phi) is 4.04. The zero-order valence-corrected chi connectivity index (χ0v) is 10.2. The molecule has 0 aromatic heterocycles. The molecule has 2 aliphatic rings. The van der Waals surface area contributed by atoms with Gasteiger partial charge in [-0.1, -0.05) is 26.2 Å². The molecule has 0 amide bonds. The lowest BCUT2D eigenvalue weighted by Gasteiger charge is -2.14. The minimum Gasteiger partial charge on any atom is -0.353 e. The van der Waals surface area contributed by atoms with Gasteiger partial charge in [-0.15, -0.1) is 0 Å². The molecular formula is C12H24N4. The highest BCUT2D eigenvalue weighted by molar-refractivity contribution is 5.79. The monoisotopic (exact) mass is 224 g/mol. The SMILES string of the molecule is CCCC1CC1N=C(NN)NC1CCCC1. The number of nitrogens with zero attached hydrogens (tertiary/aromatic N) is 1. The predicted octanol–water partition coefficient (Wildman–Crippen LogP) is 1.53. The van der Waals surface area contributed by atoms with E-state index in [9.17, 15) is 0 Å². The summed E-state index contributed by atoms with van der Waals surface area (Å²) in [6.45, 7) is 2.23. The second-order valence-electron chi connectivity index (χ2n) is 5.10. The van der Waals surface area contributed by atoms with Crippen LogP contribution < -0.4 is 16.6 Å². The van der Waals surface area contributed by atoms with E-state index in [0.717, 1.165) is 11.9 Å². The summed E-state index contributed by atoms with van der Waals surface area (Å²) in [4.78, 5) is 4.64. The van der Waals surface area contributed by atoms with Gasteiger partial charge in [-0.2, -0.15) is 0 Å². The number of nitrogens with two attached hydrogens (primary N) is 1. The maximum absolute atomic E-state index is 5.50. The van der Waals surface area contributed by atoms with Crippen LogP contribution in [0.1, 0.15) is 51.9 Å². The highest BCUT2D eigenvalue weighted by atomic mass is 15.3. The van der Waals surface area contributed by atoms with Crippen LogP contribution in [0.25, 0.3) is 0 Å². The molecule has 2 rings (SSSR count). The van der Waals surface area contributed by atoms with Gasteiger partial charge in [0, 0.05) is 6.04 Å². The summed E-state index contributed by atoms with van der Waals surface area (Å²) < 4.78 is 0. The van der Waals surface area contributed by atoms with Crippen molar-refractivity contribution in [3.8, 4) is 0 Å². The quantitative estimate of drug-likeness (QED) is 0.294. The Morgan fingerprint density at radius 2 is 2.12 bits per heavy atom. The van der Waals surface area contributed by atoms with Crippen molar-refractivity contribution in [2.45, 2.75) is 64.0 Å². The highest BCUT2D eigenvalue weighted by Gasteiger charge is 2.36. The third kappa shape index (κ3) is 3.11. The fourth-order valence-electron chi connectivity index (χ4n) is 2.62. The van der Waals surface area contributed by atoms with E-state index >= 15 is 0 Å². The van der Waals surface area contributed by atoms with Gasteiger partial charge in [0.15, 0.2) is 0 Å². The van der Waals surface area contributed by atoms with Crippen LogP contribution in [0.4, 0.5) is 0 Å². The van der Waals surface area contributed by atoms with Gasteiger partial charge in [-0.3, -0.25) is 5.43 Å². The Morgan fingerprint density at radius 3 is 2.75 bits per heavy atom. The molecule has 92 valence electrons. The first kappa shape index (κ1) is 11.7. The molecular weight excluding hydrogens is 200 g/mol. The number of hydrogen-bond acceptors (Lipinski definition) is 2. The van der Waals surface area contributed by atoms with E-state index in [-0.39, 0.29) is 0 Å². The van der Waals surface area contributed by atoms with Gasteiger partial charge in [-0.05, 0) is 31.6 Å². The minimum absolute atomic E-state index is 0.514. The predicted molar refractivity (Wildman–Crippen MR) is 67.0 cm³/mol. The lowest BCUT2D eigenvalue weighted by molar-refractivity contribution is 0.611. The number of guanidine groups is 1. The van der Waals surface area contributed by atoms with Gasteiger partial charge in [-0.25, -0.2) is 10.8 Å². The van der Waals surface area contributed by atoms with Crippen molar-refractivity contribution in [3.63, 3.8) is 0 Å². The molecule has 4 heteroatoms. The summed E-state index contributed by atoms with van der Waals surface area (Å²) >= 11 is 0. The zero-order valence-electron chi connectivity index (χ0n) is 10.2. The molecule has 0 bridgehead atoms. The summed E-state index contributed by atoms with van der Waals surface area (Å²) in [5.41, 5.74) is 2.70. The van der Waals surface area contributed by atoms with E-state index in [1.54, 1.807) is 0 Å². The van der Waals surface area contributed by atoms with Crippen LogP contribution in [0.2, 0.25) is 0 Å². The average Bonchev–Trinajstić information content (AvgIpc) is 2.79. The molecule has 0 aromatic rings. The Morgan fingerprint density at radius 1 is 1.38 bits per heavy atom. The van der Waals surface area contributed by atoms with Gasteiger partial charge in [0.05, 0.1) is 6.04 Å². The lowest BCUT2D eigenvalue weighted by atomic mass is 10.2. The van der Waals surface area contributed by atoms with Crippen LogP contribution in [0, 0.1) is 5.92 Å². The first-order valence-corrected chi connectivity index (χ1v) is 6.64. The molecule has 0 radical (unpaired) electrons. The Labute approximate surface area is 98.0 Å². The smallest absolute Gasteiger partial charge is 0.206 e. The molecule has 16 heavy (non-hydrogen) atoms. The summed E-state index contributed by atoms with van der Waals surface area (Å²) in [5.74, 6) is 7.11. The van der Waals surface area contributed by atoms with Gasteiger partial charge in [0.2, 0.25) is 5.96 Å². The van der Waals surface area contributed by atoms with E-state index in [4.69, 9.17) is 5.84 Å². The normalized spacial score (nSPS) is 30.5. The third-order valence-electron chi connectivity index (χ3n) is 3.67. The molecule has 2 atom stereocenters. The van der Waals surface area contributed by atoms with E-state index in [0.29, 0.717) is 12.1 Å². The lowest BCUT2D eigenvalue weighted by Crippen LogP contribution is -2.45. The fraction of sp³-hybridized carbons (Fsp3) is 0.917. The fourth-order valence-corrected chi connectivity index (χ4v) is 2.62. The second kappa shape index (κ2) is 5.53. The number of hydrazine groups is 1. The Bertz CT molecular complexity index is 245. The van der Waals surface area contributed by atoms with Crippen molar-refractivity contribution < 1.29 is 0 Å². The molecule has 4 N–H and O–H groups in total. The van der Waals surface area contributed by atoms with Crippen LogP contribution in [0.5, 0.6) is 0 Å². The van der Waals surface area contributed by atoms with Gasteiger partial charge in [0.1, 0.15) is 0 Å². The molecule has 2 unspecified atom stereocenters. The first-order valence-electron chi connectivity index (χ1n) is 6.64. The molecule has 2 saturated carbocycles. The van der Waals surface area contributed by atoms with Crippen molar-refractivity contribution in [1.29, 1.82) is 0 Å². The van der Waals surface area contributed by atoms with Gasteiger partial charge < -0.3 is 5.32 Å². The van der Waals surface area contributed by atoms with Gasteiger partial charge in [0.25, 0.3) is 0 Å². The summed E-state index contributed by atoms with van der Waals surface area (Å²) in [6.07, 6.45) is 8.97. The topological polar surface area (TPSA) is 62.4 Å². The number of nitrogens with one attached hydrogen (secondary N) is 2. The standard InChI is InChI=1S/C12H24N4/c1-2-5-9-8-11(9)15-12(16-13)14-10-6-3-4-7-10/h9-11H,2-8,13H2,1H3,(H2,14,15,16). The van der Waals surface area contributed by atoms with E-state index in [2.05, 4.69) is 22.7 Å². The van der Waals surface area contributed by atoms with Crippen LogP contribution in [-0.2, 0) is 0 Å². The van der Waals surface area contributed by atoms with Gasteiger partial charge >= 0.3 is 0 Å². The van der Waals surface area contributed by atoms with Crippen molar-refractivity contribution >= 4 is 5.96 Å². The zero-order chi connectivity index (χ0) is 11.4. The summed E-state index contributed by atoms with van der Waals surface area (Å²) in [5, 5.41) is 3.41. The maximum Gasteiger partial charge on any atom is 0.206 e. The third-order valence-corrected chi connectivity index (χ3v) is 3.67. The van der Waals surface area contributed by atoms with Crippen LogP contribution in [0.3, 0.4) is 0 Å². The molecule has 0 heterocycles. The molecule has 2 fully saturated rings. The molecule has 0 spiro atoms. The van der Waals surface area contributed by atoms with Crippen LogP contribution in [0.15, 0.2) is 4.99 Å². The van der Waals surface area contributed by atoms with Crippen LogP contribution >= 0.6 is 0 Å². The van der Waals surface area contributed by atoms with Crippen molar-refractivity contribution in [3.05, 3.63) is 0 Å². The van der Waals surface area contributed by atoms with Crippen molar-refractivity contribution in [1.82, 2.24) is 10.7 Å². The molecule has 4 nitrogen and oxygen atoms in total. The number of hydrogen-bond donors (Lipinski definition) is 3. The summed E-state index contributed by atoms with van der Waals surface area (Å²) in [7, 11) is 0. The molecule has 2 aliphatic carbocycles. The van der Waals surface area contributed by atoms with E-state index < -0.39 is 0 Å². The first-order chi connectivity index (χ1) is 7.83. The Balaban J connectivity index is 1.78. The molecule has 0 saturated heterocycles. The molecule has 0 aliphatic heterocycles. The highest BCUT2D eigenvalue weighted by Crippen LogP contribution is 2.37. The largest absolute Gasteiger partial charge is 0.353 e. The second-order valence-corrected chi connectivity index (χ2v) is 5.10. The van der Waals surface area contributed by atoms with Crippen LogP contribution in [-0.4, -0.2) is 18.0 Å². The average molecular weight is 224 g/mol.